The molecule has 2 fully saturated rings. The monoisotopic (exact) mass is 725 g/mol. The van der Waals surface area contributed by atoms with Gasteiger partial charge >= 0.3 is 0 Å². The van der Waals surface area contributed by atoms with E-state index >= 15 is 0 Å². The lowest BCUT2D eigenvalue weighted by molar-refractivity contribution is -0.147. The third-order valence-corrected chi connectivity index (χ3v) is 9.98. The quantitative estimate of drug-likeness (QED) is 0.145. The summed E-state index contributed by atoms with van der Waals surface area (Å²) in [4.78, 5) is 70.7. The number of aliphatic hydroxyl groups is 1. The number of unbranched alkanes of at least 4 members (excludes halogenated alkanes) is 3. The lowest BCUT2D eigenvalue weighted by Crippen LogP contribution is -2.61. The topological polar surface area (TPSA) is 201 Å². The van der Waals surface area contributed by atoms with E-state index in [1.165, 1.54) is 4.90 Å². The molecule has 2 aliphatic rings. The molecule has 0 unspecified atom stereocenters. The van der Waals surface area contributed by atoms with Gasteiger partial charge in [-0.2, -0.15) is 0 Å². The number of carbonyl (C=O) groups excluding carboxylic acids is 5. The van der Waals surface area contributed by atoms with E-state index in [1.807, 2.05) is 20.8 Å². The molecule has 51 heavy (non-hydrogen) atoms. The van der Waals surface area contributed by atoms with Crippen LogP contribution in [0, 0.1) is 17.8 Å². The third kappa shape index (κ3) is 15.0. The fourth-order valence-corrected chi connectivity index (χ4v) is 6.84. The van der Waals surface area contributed by atoms with Crippen LogP contribution in [0.15, 0.2) is 0 Å². The van der Waals surface area contributed by atoms with Crippen LogP contribution in [0.4, 0.5) is 0 Å². The minimum absolute atomic E-state index is 0.0649. The summed E-state index contributed by atoms with van der Waals surface area (Å²) in [5.74, 6) is -3.32. The van der Waals surface area contributed by atoms with Crippen LogP contribution < -0.4 is 27.0 Å². The standard InChI is InChI=1S/C37H68N6O8/c1-7-8-9-13-17-31-26(5)37(49)43(6)30(20-24(2)3)35(47)42-32(27-15-11-10-12-16-27)36(48)40-28(21-44)33(45)41-29(23-50-19-14-18-38)34(46)39-25(4)22-51-31/h24-32,44H,7-23,38H2,1-6H3,(H,39,46)(H,40,48)(H,41,45)(H,42,47)/t25-,26-,28+,29+,30+,31-,32+/m1/s1. The van der Waals surface area contributed by atoms with Gasteiger partial charge in [-0.3, -0.25) is 24.0 Å². The van der Waals surface area contributed by atoms with Gasteiger partial charge in [-0.15, -0.1) is 0 Å². The number of amides is 5. The Balaban J connectivity index is 2.54. The highest BCUT2D eigenvalue weighted by atomic mass is 16.5. The summed E-state index contributed by atoms with van der Waals surface area (Å²) in [6, 6.07) is -4.88. The molecule has 2 rings (SSSR count). The van der Waals surface area contributed by atoms with Crippen LogP contribution in [-0.4, -0.2) is 116 Å². The summed E-state index contributed by atoms with van der Waals surface area (Å²) in [5.41, 5.74) is 5.59. The highest BCUT2D eigenvalue weighted by molar-refractivity contribution is 5.96. The number of hydrogen-bond donors (Lipinski definition) is 6. The largest absolute Gasteiger partial charge is 0.394 e. The molecule has 0 spiro atoms. The average molecular weight is 725 g/mol. The number of aliphatic hydroxyl groups excluding tert-OH is 1. The smallest absolute Gasteiger partial charge is 0.245 e. The minimum atomic E-state index is -1.40. The van der Waals surface area contributed by atoms with Crippen molar-refractivity contribution in [3.63, 3.8) is 0 Å². The first-order chi connectivity index (χ1) is 24.3. The summed E-state index contributed by atoms with van der Waals surface area (Å²) in [7, 11) is 1.63. The number of likely N-dealkylation sites (N-methyl/N-ethyl adjacent to an activating group) is 1. The van der Waals surface area contributed by atoms with Gasteiger partial charge in [0.1, 0.15) is 24.2 Å². The Morgan fingerprint density at radius 1 is 0.882 bits per heavy atom. The Hall–Kier alpha value is -2.81. The predicted octanol–water partition coefficient (Wildman–Crippen LogP) is 1.76. The van der Waals surface area contributed by atoms with Crippen LogP contribution in [-0.2, 0) is 33.4 Å². The Morgan fingerprint density at radius 2 is 1.55 bits per heavy atom. The van der Waals surface area contributed by atoms with Crippen LogP contribution in [0.1, 0.15) is 112 Å². The van der Waals surface area contributed by atoms with Crippen molar-refractivity contribution >= 4 is 29.5 Å². The zero-order chi connectivity index (χ0) is 37.9. The van der Waals surface area contributed by atoms with Gasteiger partial charge in [-0.1, -0.05) is 72.6 Å². The zero-order valence-corrected chi connectivity index (χ0v) is 32.0. The summed E-state index contributed by atoms with van der Waals surface area (Å²) in [6.07, 6.45) is 9.25. The van der Waals surface area contributed by atoms with Crippen molar-refractivity contribution in [3.8, 4) is 0 Å². The number of nitrogens with two attached hydrogens (primary N) is 1. The van der Waals surface area contributed by atoms with E-state index < -0.39 is 72.5 Å². The van der Waals surface area contributed by atoms with Crippen LogP contribution in [0.5, 0.6) is 0 Å². The summed E-state index contributed by atoms with van der Waals surface area (Å²) in [6.45, 7) is 9.55. The highest BCUT2D eigenvalue weighted by Gasteiger charge is 2.39. The zero-order valence-electron chi connectivity index (χ0n) is 32.0. The molecule has 294 valence electrons. The fourth-order valence-electron chi connectivity index (χ4n) is 6.84. The molecule has 1 heterocycles. The van der Waals surface area contributed by atoms with Crippen molar-refractivity contribution in [2.45, 2.75) is 148 Å². The molecule has 5 amide bonds. The van der Waals surface area contributed by atoms with E-state index in [9.17, 15) is 29.1 Å². The Morgan fingerprint density at radius 3 is 2.18 bits per heavy atom. The van der Waals surface area contributed by atoms with E-state index in [4.69, 9.17) is 15.2 Å². The number of nitrogens with zero attached hydrogens (tertiary/aromatic N) is 1. The molecule has 0 aromatic heterocycles. The molecule has 14 nitrogen and oxygen atoms in total. The van der Waals surface area contributed by atoms with E-state index in [-0.39, 0.29) is 37.6 Å². The number of hydrogen-bond acceptors (Lipinski definition) is 9. The van der Waals surface area contributed by atoms with E-state index in [2.05, 4.69) is 28.2 Å². The molecule has 1 saturated heterocycles. The normalized spacial score (nSPS) is 28.7. The second kappa shape index (κ2) is 23.7. The maximum Gasteiger partial charge on any atom is 0.245 e. The Kier molecular flexibility index (Phi) is 20.6. The number of nitrogens with one attached hydrogen (secondary N) is 4. The molecule has 7 atom stereocenters. The van der Waals surface area contributed by atoms with Gasteiger partial charge in [-0.25, -0.2) is 0 Å². The first kappa shape index (κ1) is 44.4. The molecule has 0 bridgehead atoms. The number of rotatable bonds is 14. The molecule has 1 aliphatic carbocycles. The van der Waals surface area contributed by atoms with Gasteiger partial charge in [-0.05, 0) is 57.4 Å². The second-order valence-electron chi connectivity index (χ2n) is 14.9. The van der Waals surface area contributed by atoms with Crippen molar-refractivity contribution in [2.75, 3.05) is 40.0 Å². The van der Waals surface area contributed by atoms with Crippen molar-refractivity contribution in [3.05, 3.63) is 0 Å². The summed E-state index contributed by atoms with van der Waals surface area (Å²) >= 11 is 0. The van der Waals surface area contributed by atoms with Crippen molar-refractivity contribution in [2.24, 2.45) is 23.5 Å². The molecule has 1 aliphatic heterocycles. The van der Waals surface area contributed by atoms with E-state index in [0.29, 0.717) is 38.6 Å². The fraction of sp³-hybridized carbons (Fsp3) is 0.865. The van der Waals surface area contributed by atoms with Crippen LogP contribution >= 0.6 is 0 Å². The summed E-state index contributed by atoms with van der Waals surface area (Å²) in [5, 5.41) is 21.3. The number of carbonyl (C=O) groups is 5. The maximum absolute atomic E-state index is 14.1. The molecule has 0 aromatic carbocycles. The third-order valence-electron chi connectivity index (χ3n) is 9.98. The first-order valence-corrected chi connectivity index (χ1v) is 19.3. The molecular formula is C37H68N6O8. The predicted molar refractivity (Wildman–Crippen MR) is 195 cm³/mol. The van der Waals surface area contributed by atoms with Gasteiger partial charge in [0.05, 0.1) is 31.8 Å². The average Bonchev–Trinajstić information content (AvgIpc) is 3.11. The lowest BCUT2D eigenvalue weighted by atomic mass is 9.83. The van der Waals surface area contributed by atoms with Crippen LogP contribution in [0.2, 0.25) is 0 Å². The first-order valence-electron chi connectivity index (χ1n) is 19.3. The van der Waals surface area contributed by atoms with Crippen molar-refractivity contribution in [1.29, 1.82) is 0 Å². The Labute approximate surface area is 305 Å². The van der Waals surface area contributed by atoms with Gasteiger partial charge in [0, 0.05) is 19.7 Å². The van der Waals surface area contributed by atoms with Gasteiger partial charge in [0.25, 0.3) is 0 Å². The minimum Gasteiger partial charge on any atom is -0.394 e. The molecule has 1 saturated carbocycles. The van der Waals surface area contributed by atoms with Gasteiger partial charge in [0.2, 0.25) is 29.5 Å². The van der Waals surface area contributed by atoms with Gasteiger partial charge in [0.15, 0.2) is 0 Å². The molecule has 14 heteroatoms. The molecule has 7 N–H and O–H groups in total. The van der Waals surface area contributed by atoms with Crippen molar-refractivity contribution in [1.82, 2.24) is 26.2 Å². The SMILES string of the molecule is CCCCCC[C@H]1OC[C@@H](C)NC(=O)[C@H](COCCCN)NC(=O)[C@H](CO)NC(=O)[C@H](C2CCCCC2)NC(=O)[C@H](CC(C)C)N(C)C(=O)[C@@H]1C. The molecular weight excluding hydrogens is 656 g/mol. The highest BCUT2D eigenvalue weighted by Crippen LogP contribution is 2.28. The van der Waals surface area contributed by atoms with E-state index in [0.717, 1.165) is 44.9 Å². The second-order valence-corrected chi connectivity index (χ2v) is 14.9. The van der Waals surface area contributed by atoms with E-state index in [1.54, 1.807) is 14.0 Å². The summed E-state index contributed by atoms with van der Waals surface area (Å²) < 4.78 is 12.0. The molecule has 0 aromatic rings. The van der Waals surface area contributed by atoms with Crippen LogP contribution in [0.25, 0.3) is 0 Å². The Bertz CT molecular complexity index is 1090. The van der Waals surface area contributed by atoms with Crippen LogP contribution in [0.3, 0.4) is 0 Å². The molecule has 0 radical (unpaired) electrons. The number of ether oxygens (including phenoxy) is 2. The van der Waals surface area contributed by atoms with Gasteiger partial charge < -0.3 is 46.5 Å². The lowest BCUT2D eigenvalue weighted by Gasteiger charge is -2.36. The van der Waals surface area contributed by atoms with Crippen molar-refractivity contribution < 1.29 is 38.6 Å². The maximum atomic E-state index is 14.1.